The Balaban J connectivity index is 1.38. The summed E-state index contributed by atoms with van der Waals surface area (Å²) in [6.45, 7) is 15.3. The highest BCUT2D eigenvalue weighted by Gasteiger charge is 2.47. The van der Waals surface area contributed by atoms with Gasteiger partial charge in [0.1, 0.15) is 5.75 Å². The molecule has 3 unspecified atom stereocenters. The van der Waals surface area contributed by atoms with Crippen LogP contribution in [0.25, 0.3) is 22.2 Å². The number of aryl methyl sites for hydroxylation is 1. The van der Waals surface area contributed by atoms with E-state index in [1.54, 1.807) is 0 Å². The van der Waals surface area contributed by atoms with Crippen molar-refractivity contribution in [2.45, 2.75) is 92.8 Å². The lowest BCUT2D eigenvalue weighted by molar-refractivity contribution is -0.165. The van der Waals surface area contributed by atoms with Gasteiger partial charge in [-0.15, -0.1) is 0 Å². The van der Waals surface area contributed by atoms with Gasteiger partial charge in [0.2, 0.25) is 0 Å². The Morgan fingerprint density at radius 3 is 2.00 bits per heavy atom. The molecule has 6 heteroatoms. The van der Waals surface area contributed by atoms with Gasteiger partial charge in [0.25, 0.3) is 0 Å². The zero-order chi connectivity index (χ0) is 30.4. The fraction of sp³-hybridized carbons (Fsp3) is 0.571. The van der Waals surface area contributed by atoms with Gasteiger partial charge in [-0.3, -0.25) is 4.79 Å². The Labute approximate surface area is 246 Å². The number of rotatable bonds is 13. The molecule has 0 aliphatic heterocycles. The van der Waals surface area contributed by atoms with E-state index in [0.717, 1.165) is 23.4 Å². The first-order valence-corrected chi connectivity index (χ1v) is 14.9. The smallest absolute Gasteiger partial charge is 0.312 e. The van der Waals surface area contributed by atoms with Crippen molar-refractivity contribution in [3.63, 3.8) is 0 Å². The quantitative estimate of drug-likeness (QED) is 0.165. The first-order chi connectivity index (χ1) is 19.1. The van der Waals surface area contributed by atoms with Crippen LogP contribution in [-0.4, -0.2) is 46.2 Å². The van der Waals surface area contributed by atoms with Gasteiger partial charge in [-0.1, -0.05) is 59.7 Å². The summed E-state index contributed by atoms with van der Waals surface area (Å²) in [5, 5.41) is 22.1. The Morgan fingerprint density at radius 2 is 1.44 bits per heavy atom. The average molecular weight is 566 g/mol. The third-order valence-corrected chi connectivity index (χ3v) is 8.33. The first kappa shape index (κ1) is 32.7. The summed E-state index contributed by atoms with van der Waals surface area (Å²) >= 11 is 0. The van der Waals surface area contributed by atoms with Crippen LogP contribution < -0.4 is 4.74 Å². The van der Waals surface area contributed by atoms with E-state index in [-0.39, 0.29) is 23.4 Å². The lowest BCUT2D eigenvalue weighted by atomic mass is 9.61. The summed E-state index contributed by atoms with van der Waals surface area (Å²) < 4.78 is 13.7. The predicted octanol–water partition coefficient (Wildman–Crippen LogP) is 7.54. The number of fused-ring (bicyclic) bond motifs is 1. The molecule has 0 amide bonds. The molecule has 1 aromatic heterocycles. The molecular formula is C35H51NO5. The monoisotopic (exact) mass is 565 g/mol. The van der Waals surface area contributed by atoms with Crippen LogP contribution in [0.5, 0.6) is 5.75 Å². The van der Waals surface area contributed by atoms with Crippen molar-refractivity contribution in [3.05, 3.63) is 54.6 Å². The number of carbonyl (C=O) groups is 1. The predicted molar refractivity (Wildman–Crippen MR) is 167 cm³/mol. The highest BCUT2D eigenvalue weighted by molar-refractivity contribution is 5.87. The Kier molecular flexibility index (Phi) is 10.7. The van der Waals surface area contributed by atoms with Gasteiger partial charge < -0.3 is 24.3 Å². The number of para-hydroxylation sites is 1. The molecule has 2 aromatic carbocycles. The Hall–Kier alpha value is -2.83. The summed E-state index contributed by atoms with van der Waals surface area (Å²) in [5.74, 6) is 0.579. The maximum atomic E-state index is 13.1. The molecule has 6 nitrogen and oxygen atoms in total. The summed E-state index contributed by atoms with van der Waals surface area (Å²) in [6.07, 6.45) is 0.939. The van der Waals surface area contributed by atoms with Crippen molar-refractivity contribution in [2.75, 3.05) is 13.2 Å². The van der Waals surface area contributed by atoms with Crippen LogP contribution in [0.3, 0.4) is 0 Å². The molecule has 0 radical (unpaired) electrons. The molecule has 0 bridgehead atoms. The Bertz CT molecular complexity index is 1260. The number of esters is 1. The normalized spacial score (nSPS) is 15.4. The molecule has 0 aliphatic carbocycles. The topological polar surface area (TPSA) is 80.9 Å². The van der Waals surface area contributed by atoms with Crippen LogP contribution in [-0.2, 0) is 16.6 Å². The third-order valence-electron chi connectivity index (χ3n) is 8.33. The van der Waals surface area contributed by atoms with E-state index in [1.807, 2.05) is 31.2 Å². The number of aliphatic hydroxyl groups excluding tert-OH is 2. The van der Waals surface area contributed by atoms with Crippen molar-refractivity contribution >= 4 is 16.9 Å². The van der Waals surface area contributed by atoms with Gasteiger partial charge in [-0.2, -0.15) is 0 Å². The molecule has 0 saturated heterocycles. The van der Waals surface area contributed by atoms with E-state index < -0.39 is 17.6 Å². The number of hydrogen-bond acceptors (Lipinski definition) is 5. The minimum Gasteiger partial charge on any atom is -0.494 e. The van der Waals surface area contributed by atoms with Crippen molar-refractivity contribution < 1.29 is 24.5 Å². The molecule has 41 heavy (non-hydrogen) atoms. The molecule has 0 aliphatic rings. The molecule has 0 fully saturated rings. The van der Waals surface area contributed by atoms with Gasteiger partial charge in [-0.25, -0.2) is 0 Å². The van der Waals surface area contributed by atoms with E-state index in [9.17, 15) is 15.0 Å². The first-order valence-electron chi connectivity index (χ1n) is 14.9. The second-order valence-corrected chi connectivity index (χ2v) is 13.9. The third kappa shape index (κ3) is 8.59. The highest BCUT2D eigenvalue weighted by Crippen LogP contribution is 2.47. The molecule has 1 heterocycles. The number of hydrogen-bond donors (Lipinski definition) is 2. The minimum atomic E-state index is -0.864. The molecule has 3 aromatic rings. The zero-order valence-corrected chi connectivity index (χ0v) is 26.4. The largest absolute Gasteiger partial charge is 0.494 e. The number of aromatic nitrogens is 1. The van der Waals surface area contributed by atoms with E-state index in [2.05, 4.69) is 83.5 Å². The molecule has 3 rings (SSSR count). The van der Waals surface area contributed by atoms with Gasteiger partial charge >= 0.3 is 5.97 Å². The van der Waals surface area contributed by atoms with Crippen LogP contribution in [0.15, 0.2) is 54.6 Å². The SMILES string of the molecule is Cn1c(-c2ccc(OCCCC(O)C(O)CCCOC(=O)C(C)(CC(C)(C)C)C(C)(C)C)cc2)cc2ccccc21. The number of carbonyl (C=O) groups excluding carboxylic acids is 1. The van der Waals surface area contributed by atoms with Crippen LogP contribution in [0.1, 0.15) is 80.6 Å². The van der Waals surface area contributed by atoms with E-state index >= 15 is 0 Å². The minimum absolute atomic E-state index is 0.00787. The second-order valence-electron chi connectivity index (χ2n) is 13.9. The Morgan fingerprint density at radius 1 is 0.854 bits per heavy atom. The van der Waals surface area contributed by atoms with Gasteiger partial charge in [0, 0.05) is 23.6 Å². The second kappa shape index (κ2) is 13.4. The van der Waals surface area contributed by atoms with Gasteiger partial charge in [0.05, 0.1) is 30.8 Å². The van der Waals surface area contributed by atoms with Crippen LogP contribution in [0.2, 0.25) is 0 Å². The molecule has 226 valence electrons. The van der Waals surface area contributed by atoms with E-state index in [1.165, 1.54) is 10.9 Å². The lowest BCUT2D eigenvalue weighted by Crippen LogP contribution is -2.44. The fourth-order valence-corrected chi connectivity index (χ4v) is 5.48. The number of benzene rings is 2. The molecular weight excluding hydrogens is 514 g/mol. The molecule has 2 N–H and O–H groups in total. The summed E-state index contributed by atoms with van der Waals surface area (Å²) in [5.41, 5.74) is 2.61. The van der Waals surface area contributed by atoms with Crippen LogP contribution in [0, 0.1) is 16.2 Å². The van der Waals surface area contributed by atoms with Crippen molar-refractivity contribution in [1.82, 2.24) is 4.57 Å². The van der Waals surface area contributed by atoms with Gasteiger partial charge in [0.15, 0.2) is 0 Å². The molecule has 0 saturated carbocycles. The maximum Gasteiger partial charge on any atom is 0.312 e. The van der Waals surface area contributed by atoms with E-state index in [0.29, 0.717) is 32.3 Å². The van der Waals surface area contributed by atoms with Gasteiger partial charge in [-0.05, 0) is 91.8 Å². The van der Waals surface area contributed by atoms with Crippen LogP contribution in [0.4, 0.5) is 0 Å². The average Bonchev–Trinajstić information content (AvgIpc) is 3.23. The fourth-order valence-electron chi connectivity index (χ4n) is 5.48. The zero-order valence-electron chi connectivity index (χ0n) is 26.4. The standard InChI is InChI=1S/C35H51NO5/c1-33(2,3)24-35(7,34(4,5)6)32(39)41-22-12-16-31(38)30(37)15-11-21-40-27-19-17-25(18-20-27)29-23-26-13-9-10-14-28(26)36(29)8/h9-10,13-14,17-20,23,30-31,37-38H,11-12,15-16,21-22,24H2,1-8H3. The number of aliphatic hydroxyl groups is 2. The number of nitrogens with zero attached hydrogens (tertiary/aromatic N) is 1. The maximum absolute atomic E-state index is 13.1. The summed E-state index contributed by atoms with van der Waals surface area (Å²) in [7, 11) is 2.07. The summed E-state index contributed by atoms with van der Waals surface area (Å²) in [4.78, 5) is 13.1. The highest BCUT2D eigenvalue weighted by atomic mass is 16.5. The van der Waals surface area contributed by atoms with Crippen molar-refractivity contribution in [1.29, 1.82) is 0 Å². The number of ether oxygens (including phenoxy) is 2. The van der Waals surface area contributed by atoms with Crippen molar-refractivity contribution in [3.8, 4) is 17.0 Å². The van der Waals surface area contributed by atoms with Crippen LogP contribution >= 0.6 is 0 Å². The molecule has 3 atom stereocenters. The van der Waals surface area contributed by atoms with E-state index in [4.69, 9.17) is 9.47 Å². The summed E-state index contributed by atoms with van der Waals surface area (Å²) in [6, 6.07) is 18.6. The van der Waals surface area contributed by atoms with Crippen molar-refractivity contribution in [2.24, 2.45) is 23.3 Å². The lowest BCUT2D eigenvalue weighted by Gasteiger charge is -2.43. The molecule has 0 spiro atoms.